The second kappa shape index (κ2) is 5.48. The van der Waals surface area contributed by atoms with Gasteiger partial charge in [-0.2, -0.15) is 0 Å². The van der Waals surface area contributed by atoms with E-state index in [-0.39, 0.29) is 6.54 Å². The van der Waals surface area contributed by atoms with E-state index >= 15 is 0 Å². The van der Waals surface area contributed by atoms with Gasteiger partial charge in [-0.15, -0.1) is 0 Å². The average molecular weight is 291 g/mol. The molecule has 2 atom stereocenters. The molecule has 1 aromatic carbocycles. The van der Waals surface area contributed by atoms with Gasteiger partial charge in [0.05, 0.1) is 7.11 Å². The summed E-state index contributed by atoms with van der Waals surface area (Å²) < 4.78 is 4.81. The van der Waals surface area contributed by atoms with Crippen molar-refractivity contribution in [3.63, 3.8) is 0 Å². The zero-order valence-corrected chi connectivity index (χ0v) is 12.8. The quantitative estimate of drug-likeness (QED) is 0.859. The SMILES string of the molecule is CCC1(C(=O)OC)CN(c2c(C)cccc2C)C(=O)C1O. The Bertz CT molecular complexity index is 563. The molecule has 114 valence electrons. The molecule has 5 heteroatoms. The van der Waals surface area contributed by atoms with Crippen molar-refractivity contribution in [3.05, 3.63) is 29.3 Å². The van der Waals surface area contributed by atoms with Gasteiger partial charge in [-0.05, 0) is 31.4 Å². The summed E-state index contributed by atoms with van der Waals surface area (Å²) in [4.78, 5) is 26.1. The van der Waals surface area contributed by atoms with Crippen LogP contribution in [0.25, 0.3) is 0 Å². The number of ether oxygens (including phenoxy) is 1. The molecule has 1 amide bonds. The predicted octanol–water partition coefficient (Wildman–Crippen LogP) is 1.58. The molecule has 0 radical (unpaired) electrons. The molecular weight excluding hydrogens is 270 g/mol. The summed E-state index contributed by atoms with van der Waals surface area (Å²) in [5.74, 6) is -0.987. The van der Waals surface area contributed by atoms with Crippen LogP contribution in [-0.4, -0.2) is 36.7 Å². The third kappa shape index (κ3) is 2.21. The maximum absolute atomic E-state index is 12.5. The van der Waals surface area contributed by atoms with Gasteiger partial charge in [0.2, 0.25) is 0 Å². The largest absolute Gasteiger partial charge is 0.468 e. The van der Waals surface area contributed by atoms with Crippen LogP contribution < -0.4 is 4.90 Å². The Balaban J connectivity index is 2.50. The van der Waals surface area contributed by atoms with Crippen LogP contribution in [0, 0.1) is 19.3 Å². The maximum atomic E-state index is 12.5. The lowest BCUT2D eigenvalue weighted by Gasteiger charge is -2.27. The highest BCUT2D eigenvalue weighted by atomic mass is 16.5. The molecule has 5 nitrogen and oxygen atoms in total. The van der Waals surface area contributed by atoms with E-state index < -0.39 is 23.4 Å². The second-order valence-electron chi connectivity index (χ2n) is 5.57. The Morgan fingerprint density at radius 2 is 2.00 bits per heavy atom. The second-order valence-corrected chi connectivity index (χ2v) is 5.57. The van der Waals surface area contributed by atoms with E-state index in [9.17, 15) is 14.7 Å². The van der Waals surface area contributed by atoms with E-state index in [0.29, 0.717) is 6.42 Å². The standard InChI is InChI=1S/C16H21NO4/c1-5-16(15(20)21-4)9-17(14(19)13(16)18)12-10(2)7-6-8-11(12)3/h6-8,13,18H,5,9H2,1-4H3. The summed E-state index contributed by atoms with van der Waals surface area (Å²) in [5, 5.41) is 10.3. The summed E-state index contributed by atoms with van der Waals surface area (Å²) in [6, 6.07) is 5.73. The Labute approximate surface area is 124 Å². The molecule has 1 saturated heterocycles. The number of aliphatic hydroxyl groups is 1. The molecule has 1 aliphatic heterocycles. The first-order valence-electron chi connectivity index (χ1n) is 7.03. The highest BCUT2D eigenvalue weighted by Crippen LogP contribution is 2.40. The minimum absolute atomic E-state index is 0.141. The van der Waals surface area contributed by atoms with Gasteiger partial charge >= 0.3 is 5.97 Å². The predicted molar refractivity (Wildman–Crippen MR) is 79.0 cm³/mol. The molecule has 1 N–H and O–H groups in total. The number of nitrogens with zero attached hydrogens (tertiary/aromatic N) is 1. The van der Waals surface area contributed by atoms with Crippen LogP contribution in [0.1, 0.15) is 24.5 Å². The van der Waals surface area contributed by atoms with Crippen molar-refractivity contribution in [2.75, 3.05) is 18.6 Å². The third-order valence-corrected chi connectivity index (χ3v) is 4.40. The van der Waals surface area contributed by atoms with Crippen LogP contribution in [0.2, 0.25) is 0 Å². The van der Waals surface area contributed by atoms with Crippen LogP contribution in [0.3, 0.4) is 0 Å². The zero-order valence-electron chi connectivity index (χ0n) is 12.8. The summed E-state index contributed by atoms with van der Waals surface area (Å²) in [5.41, 5.74) is 1.45. The van der Waals surface area contributed by atoms with E-state index in [4.69, 9.17) is 4.74 Å². The molecule has 0 aromatic heterocycles. The van der Waals surface area contributed by atoms with Crippen LogP contribution in [0.4, 0.5) is 5.69 Å². The zero-order chi connectivity index (χ0) is 15.8. The van der Waals surface area contributed by atoms with Crippen molar-refractivity contribution in [2.45, 2.75) is 33.3 Å². The van der Waals surface area contributed by atoms with Crippen LogP contribution in [-0.2, 0) is 14.3 Å². The van der Waals surface area contributed by atoms with Crippen LogP contribution >= 0.6 is 0 Å². The van der Waals surface area contributed by atoms with Crippen molar-refractivity contribution < 1.29 is 19.4 Å². The maximum Gasteiger partial charge on any atom is 0.316 e. The van der Waals surface area contributed by atoms with E-state index in [1.807, 2.05) is 32.0 Å². The van der Waals surface area contributed by atoms with Crippen molar-refractivity contribution in [1.29, 1.82) is 0 Å². The first-order chi connectivity index (χ1) is 9.89. The number of methoxy groups -OCH3 is 1. The number of hydrogen-bond donors (Lipinski definition) is 1. The highest BCUT2D eigenvalue weighted by Gasteiger charge is 2.57. The van der Waals surface area contributed by atoms with E-state index in [1.165, 1.54) is 12.0 Å². The number of carbonyl (C=O) groups excluding carboxylic acids is 2. The Morgan fingerprint density at radius 3 is 2.48 bits per heavy atom. The molecule has 1 aromatic rings. The lowest BCUT2D eigenvalue weighted by atomic mass is 9.82. The monoisotopic (exact) mass is 291 g/mol. The van der Waals surface area contributed by atoms with Gasteiger partial charge in [-0.1, -0.05) is 25.1 Å². The first kappa shape index (κ1) is 15.5. The van der Waals surface area contributed by atoms with Crippen LogP contribution in [0.5, 0.6) is 0 Å². The highest BCUT2D eigenvalue weighted by molar-refractivity contribution is 6.05. The summed E-state index contributed by atoms with van der Waals surface area (Å²) >= 11 is 0. The molecule has 1 fully saturated rings. The van der Waals surface area contributed by atoms with Crippen molar-refractivity contribution in [3.8, 4) is 0 Å². The molecule has 1 aliphatic rings. The van der Waals surface area contributed by atoms with Crippen LogP contribution in [0.15, 0.2) is 18.2 Å². The molecule has 2 rings (SSSR count). The Hall–Kier alpha value is -1.88. The van der Waals surface area contributed by atoms with Gasteiger partial charge in [0, 0.05) is 12.2 Å². The number of amides is 1. The molecule has 0 aliphatic carbocycles. The molecule has 0 saturated carbocycles. The molecule has 1 heterocycles. The lowest BCUT2D eigenvalue weighted by Crippen LogP contribution is -2.43. The normalized spacial score (nSPS) is 25.3. The summed E-state index contributed by atoms with van der Waals surface area (Å²) in [6.45, 7) is 5.74. The summed E-state index contributed by atoms with van der Waals surface area (Å²) in [6.07, 6.45) is -1.03. The van der Waals surface area contributed by atoms with Gasteiger partial charge in [-0.25, -0.2) is 0 Å². The lowest BCUT2D eigenvalue weighted by molar-refractivity contribution is -0.159. The number of esters is 1. The smallest absolute Gasteiger partial charge is 0.316 e. The number of benzene rings is 1. The van der Waals surface area contributed by atoms with E-state index in [1.54, 1.807) is 6.92 Å². The molecule has 0 spiro atoms. The number of aliphatic hydroxyl groups excluding tert-OH is 1. The first-order valence-corrected chi connectivity index (χ1v) is 7.03. The van der Waals surface area contributed by atoms with E-state index in [2.05, 4.69) is 0 Å². The molecular formula is C16H21NO4. The number of para-hydroxylation sites is 1. The number of anilines is 1. The fourth-order valence-corrected chi connectivity index (χ4v) is 3.08. The fourth-order valence-electron chi connectivity index (χ4n) is 3.08. The number of carbonyl (C=O) groups is 2. The number of rotatable bonds is 3. The van der Waals surface area contributed by atoms with Gasteiger partial charge in [-0.3, -0.25) is 9.59 Å². The topological polar surface area (TPSA) is 66.8 Å². The Morgan fingerprint density at radius 1 is 1.43 bits per heavy atom. The van der Waals surface area contributed by atoms with Gasteiger partial charge in [0.1, 0.15) is 5.41 Å². The van der Waals surface area contributed by atoms with Crippen molar-refractivity contribution in [2.24, 2.45) is 5.41 Å². The minimum atomic E-state index is -1.37. The third-order valence-electron chi connectivity index (χ3n) is 4.40. The number of hydrogen-bond acceptors (Lipinski definition) is 4. The fraction of sp³-hybridized carbons (Fsp3) is 0.500. The minimum Gasteiger partial charge on any atom is -0.468 e. The van der Waals surface area contributed by atoms with Crippen molar-refractivity contribution in [1.82, 2.24) is 0 Å². The summed E-state index contributed by atoms with van der Waals surface area (Å²) in [7, 11) is 1.28. The average Bonchev–Trinajstić information content (AvgIpc) is 2.72. The van der Waals surface area contributed by atoms with Gasteiger partial charge in [0.15, 0.2) is 6.10 Å². The van der Waals surface area contributed by atoms with E-state index in [0.717, 1.165) is 16.8 Å². The van der Waals surface area contributed by atoms with Gasteiger partial charge in [0.25, 0.3) is 5.91 Å². The molecule has 2 unspecified atom stereocenters. The van der Waals surface area contributed by atoms with Crippen molar-refractivity contribution >= 4 is 17.6 Å². The number of aryl methyl sites for hydroxylation is 2. The molecule has 21 heavy (non-hydrogen) atoms. The molecule has 0 bridgehead atoms. The Kier molecular flexibility index (Phi) is 4.05. The van der Waals surface area contributed by atoms with Gasteiger partial charge < -0.3 is 14.7 Å².